The van der Waals surface area contributed by atoms with Gasteiger partial charge in [0.1, 0.15) is 5.75 Å². The number of aliphatic carboxylic acids is 2. The van der Waals surface area contributed by atoms with Gasteiger partial charge in [0.25, 0.3) is 5.69 Å². The van der Waals surface area contributed by atoms with E-state index in [9.17, 15) is 19.7 Å². The molecule has 0 fully saturated rings. The maximum atomic E-state index is 10.1. The van der Waals surface area contributed by atoms with Crippen molar-refractivity contribution in [3.05, 3.63) is 28.3 Å². The van der Waals surface area contributed by atoms with Crippen molar-refractivity contribution in [1.82, 2.24) is 0 Å². The fourth-order valence-electron chi connectivity index (χ4n) is 1.08. The monoisotopic (exact) mass is 330 g/mol. The summed E-state index contributed by atoms with van der Waals surface area (Å²) in [6.07, 6.45) is 2.05. The van der Waals surface area contributed by atoms with Gasteiger partial charge in [-0.15, -0.1) is 0 Å². The average Bonchev–Trinajstić information content (AvgIpc) is 2.42. The van der Waals surface area contributed by atoms with Gasteiger partial charge < -0.3 is 21.1 Å². The van der Waals surface area contributed by atoms with Crippen molar-refractivity contribution in [1.29, 1.82) is 0 Å². The SMILES string of the molecule is CCCC(=O)O.CCCC(=O)O.Nc1cc([N+](=O)[O-])ccc1O. The van der Waals surface area contributed by atoms with Crippen LogP contribution in [0.15, 0.2) is 18.2 Å². The fourth-order valence-corrected chi connectivity index (χ4v) is 1.08. The van der Waals surface area contributed by atoms with Crippen molar-refractivity contribution >= 4 is 23.3 Å². The quantitative estimate of drug-likeness (QED) is 0.277. The minimum Gasteiger partial charge on any atom is -0.506 e. The lowest BCUT2D eigenvalue weighted by atomic mass is 10.2. The van der Waals surface area contributed by atoms with Crippen LogP contribution in [0.5, 0.6) is 5.75 Å². The van der Waals surface area contributed by atoms with Gasteiger partial charge in [0, 0.05) is 25.0 Å². The Labute approximate surface area is 133 Å². The van der Waals surface area contributed by atoms with Crippen LogP contribution < -0.4 is 5.73 Å². The minimum atomic E-state index is -0.711. The first-order valence-corrected chi connectivity index (χ1v) is 6.82. The number of nitrogen functional groups attached to an aromatic ring is 1. The van der Waals surface area contributed by atoms with Crippen LogP contribution in [0.25, 0.3) is 0 Å². The molecular formula is C14H22N2O7. The van der Waals surface area contributed by atoms with Gasteiger partial charge in [0.05, 0.1) is 10.6 Å². The maximum absolute atomic E-state index is 10.1. The normalized spacial score (nSPS) is 8.78. The zero-order valence-corrected chi connectivity index (χ0v) is 13.1. The van der Waals surface area contributed by atoms with E-state index < -0.39 is 16.9 Å². The van der Waals surface area contributed by atoms with Crippen LogP contribution in [0.3, 0.4) is 0 Å². The number of nitrogens with two attached hydrogens (primary N) is 1. The second-order valence-corrected chi connectivity index (χ2v) is 4.29. The molecule has 0 heterocycles. The second kappa shape index (κ2) is 12.9. The van der Waals surface area contributed by atoms with Crippen LogP contribution in [0.2, 0.25) is 0 Å². The molecule has 0 aliphatic carbocycles. The van der Waals surface area contributed by atoms with Gasteiger partial charge in [0.15, 0.2) is 0 Å². The number of nitro benzene ring substituents is 1. The van der Waals surface area contributed by atoms with Crippen LogP contribution in [-0.2, 0) is 9.59 Å². The number of hydrogen-bond donors (Lipinski definition) is 4. The Morgan fingerprint density at radius 2 is 1.57 bits per heavy atom. The number of phenols is 1. The number of carbonyl (C=O) groups is 2. The van der Waals surface area contributed by atoms with E-state index in [1.807, 2.05) is 13.8 Å². The smallest absolute Gasteiger partial charge is 0.303 e. The summed E-state index contributed by atoms with van der Waals surface area (Å²) in [5, 5.41) is 34.8. The van der Waals surface area contributed by atoms with Gasteiger partial charge in [-0.3, -0.25) is 19.7 Å². The van der Waals surface area contributed by atoms with E-state index >= 15 is 0 Å². The molecule has 23 heavy (non-hydrogen) atoms. The van der Waals surface area contributed by atoms with Crippen LogP contribution in [0.4, 0.5) is 11.4 Å². The molecule has 9 nitrogen and oxygen atoms in total. The van der Waals surface area contributed by atoms with Crippen molar-refractivity contribution in [2.75, 3.05) is 5.73 Å². The van der Waals surface area contributed by atoms with Crippen molar-refractivity contribution in [3.63, 3.8) is 0 Å². The second-order valence-electron chi connectivity index (χ2n) is 4.29. The Hall–Kier alpha value is -2.84. The molecular weight excluding hydrogens is 308 g/mol. The molecule has 1 aromatic carbocycles. The van der Waals surface area contributed by atoms with E-state index in [0.717, 1.165) is 18.9 Å². The third-order valence-corrected chi connectivity index (χ3v) is 2.15. The molecule has 0 aliphatic rings. The molecule has 0 saturated heterocycles. The summed E-state index contributed by atoms with van der Waals surface area (Å²) in [5.41, 5.74) is 5.09. The number of carboxylic acids is 2. The Morgan fingerprint density at radius 3 is 1.78 bits per heavy atom. The molecule has 0 aliphatic heterocycles. The van der Waals surface area contributed by atoms with Crippen molar-refractivity contribution in [2.45, 2.75) is 39.5 Å². The van der Waals surface area contributed by atoms with Gasteiger partial charge in [-0.1, -0.05) is 13.8 Å². The molecule has 0 atom stereocenters. The van der Waals surface area contributed by atoms with E-state index in [1.165, 1.54) is 12.1 Å². The minimum absolute atomic E-state index is 0.0131. The average molecular weight is 330 g/mol. The lowest BCUT2D eigenvalue weighted by molar-refractivity contribution is -0.384. The molecule has 0 amide bonds. The Balaban J connectivity index is 0. The summed E-state index contributed by atoms with van der Waals surface area (Å²) in [4.78, 5) is 28.8. The number of hydrogen-bond acceptors (Lipinski definition) is 6. The van der Waals surface area contributed by atoms with Gasteiger partial charge in [-0.05, 0) is 18.9 Å². The predicted octanol–water partition coefficient (Wildman–Crippen LogP) is 2.62. The number of benzene rings is 1. The van der Waals surface area contributed by atoms with Gasteiger partial charge in [-0.25, -0.2) is 0 Å². The van der Waals surface area contributed by atoms with Gasteiger partial charge in [0.2, 0.25) is 0 Å². The van der Waals surface area contributed by atoms with E-state index in [4.69, 9.17) is 21.1 Å². The highest BCUT2D eigenvalue weighted by Gasteiger charge is 2.06. The van der Waals surface area contributed by atoms with E-state index in [0.29, 0.717) is 12.8 Å². The predicted molar refractivity (Wildman–Crippen MR) is 84.3 cm³/mol. The van der Waals surface area contributed by atoms with E-state index in [1.54, 1.807) is 0 Å². The van der Waals surface area contributed by atoms with Crippen LogP contribution in [0.1, 0.15) is 39.5 Å². The number of nitro groups is 1. The molecule has 0 unspecified atom stereocenters. The molecule has 1 aromatic rings. The molecule has 0 saturated carbocycles. The highest BCUT2D eigenvalue weighted by molar-refractivity contribution is 5.66. The summed E-state index contributed by atoms with van der Waals surface area (Å²) in [6, 6.07) is 3.48. The molecule has 0 spiro atoms. The van der Waals surface area contributed by atoms with Crippen LogP contribution in [0, 0.1) is 10.1 Å². The molecule has 1 rings (SSSR count). The van der Waals surface area contributed by atoms with Crippen molar-refractivity contribution in [2.24, 2.45) is 0 Å². The third-order valence-electron chi connectivity index (χ3n) is 2.15. The highest BCUT2D eigenvalue weighted by Crippen LogP contribution is 2.24. The summed E-state index contributed by atoms with van der Waals surface area (Å²) >= 11 is 0. The molecule has 5 N–H and O–H groups in total. The Bertz CT molecular complexity index is 502. The standard InChI is InChI=1S/C6H6N2O3.2C4H8O2/c7-5-3-4(8(10)11)1-2-6(5)9;2*1-2-3-4(5)6/h1-3,9H,7H2;2*2-3H2,1H3,(H,5,6). The lowest BCUT2D eigenvalue weighted by Crippen LogP contribution is -1.90. The van der Waals surface area contributed by atoms with E-state index in [2.05, 4.69) is 0 Å². The Kier molecular flexibility index (Phi) is 12.6. The number of anilines is 1. The number of non-ortho nitro benzene ring substituents is 1. The molecule has 0 aromatic heterocycles. The molecule has 0 bridgehead atoms. The zero-order chi connectivity index (χ0) is 18.4. The first-order valence-electron chi connectivity index (χ1n) is 6.82. The van der Waals surface area contributed by atoms with Crippen LogP contribution >= 0.6 is 0 Å². The fraction of sp³-hybridized carbons (Fsp3) is 0.429. The molecule has 9 heteroatoms. The number of aromatic hydroxyl groups is 1. The van der Waals surface area contributed by atoms with Crippen molar-refractivity contribution < 1.29 is 29.8 Å². The summed E-state index contributed by atoms with van der Waals surface area (Å²) in [6.45, 7) is 3.68. The number of phenolic OH excluding ortho intramolecular Hbond substituents is 1. The van der Waals surface area contributed by atoms with Crippen molar-refractivity contribution in [3.8, 4) is 5.75 Å². The lowest BCUT2D eigenvalue weighted by Gasteiger charge is -1.96. The summed E-state index contributed by atoms with van der Waals surface area (Å²) in [5.74, 6) is -1.56. The third kappa shape index (κ3) is 13.9. The molecule has 130 valence electrons. The topological polar surface area (TPSA) is 164 Å². The van der Waals surface area contributed by atoms with E-state index in [-0.39, 0.29) is 17.1 Å². The van der Waals surface area contributed by atoms with Gasteiger partial charge >= 0.3 is 11.9 Å². The van der Waals surface area contributed by atoms with Gasteiger partial charge in [-0.2, -0.15) is 0 Å². The number of rotatable bonds is 5. The molecule has 0 radical (unpaired) electrons. The van der Waals surface area contributed by atoms with Crippen LogP contribution in [-0.4, -0.2) is 32.2 Å². The maximum Gasteiger partial charge on any atom is 0.303 e. The first kappa shape index (κ1) is 22.4. The largest absolute Gasteiger partial charge is 0.506 e. The first-order chi connectivity index (χ1) is 10.6. The number of carboxylic acid groups (broad SMARTS) is 2. The highest BCUT2D eigenvalue weighted by atomic mass is 16.6. The summed E-state index contributed by atoms with van der Waals surface area (Å²) < 4.78 is 0. The Morgan fingerprint density at radius 1 is 1.13 bits per heavy atom. The summed E-state index contributed by atoms with van der Waals surface area (Å²) in [7, 11) is 0. The zero-order valence-electron chi connectivity index (χ0n) is 13.1. The number of nitrogens with zero attached hydrogens (tertiary/aromatic N) is 1.